The summed E-state index contributed by atoms with van der Waals surface area (Å²) in [5.41, 5.74) is 2.83. The summed E-state index contributed by atoms with van der Waals surface area (Å²) < 4.78 is 1.63. The number of aromatic nitrogens is 3. The molecule has 0 spiro atoms. The van der Waals surface area contributed by atoms with Gasteiger partial charge in [0.05, 0.1) is 5.52 Å². The van der Waals surface area contributed by atoms with E-state index in [1.54, 1.807) is 24.0 Å². The summed E-state index contributed by atoms with van der Waals surface area (Å²) in [4.78, 5) is 21.2. The number of hydrogen-bond acceptors (Lipinski definition) is 4. The molecule has 1 amide bonds. The number of amides is 1. The maximum absolute atomic E-state index is 12.6. The zero-order chi connectivity index (χ0) is 16.5. The Morgan fingerprint density at radius 3 is 2.54 bits per heavy atom. The highest BCUT2D eigenvalue weighted by Gasteiger charge is 2.24. The molecule has 0 N–H and O–H groups in total. The first kappa shape index (κ1) is 14.7. The molecule has 0 atom stereocenters. The second-order valence-corrected chi connectivity index (χ2v) is 5.97. The molecule has 1 aliphatic heterocycles. The molecular weight excluding hydrogens is 302 g/mol. The van der Waals surface area contributed by atoms with Crippen molar-refractivity contribution < 1.29 is 4.79 Å². The van der Waals surface area contributed by atoms with Crippen molar-refractivity contribution in [1.29, 1.82) is 0 Å². The number of pyridine rings is 1. The van der Waals surface area contributed by atoms with Crippen molar-refractivity contribution in [3.8, 4) is 0 Å². The number of carbonyl (C=O) groups is 1. The maximum Gasteiger partial charge on any atom is 0.272 e. The highest BCUT2D eigenvalue weighted by molar-refractivity contribution is 5.93. The van der Waals surface area contributed by atoms with E-state index in [0.29, 0.717) is 18.8 Å². The Bertz CT molecular complexity index is 875. The van der Waals surface area contributed by atoms with Crippen LogP contribution < -0.4 is 4.90 Å². The van der Waals surface area contributed by atoms with E-state index in [0.717, 1.165) is 24.0 Å². The van der Waals surface area contributed by atoms with Gasteiger partial charge in [-0.3, -0.25) is 14.5 Å². The van der Waals surface area contributed by atoms with Gasteiger partial charge in [-0.25, -0.2) is 0 Å². The molecule has 1 aromatic carbocycles. The zero-order valence-electron chi connectivity index (χ0n) is 13.6. The lowest BCUT2D eigenvalue weighted by Crippen LogP contribution is -2.49. The van der Waals surface area contributed by atoms with Crippen molar-refractivity contribution in [2.45, 2.75) is 0 Å². The van der Waals surface area contributed by atoms with Crippen LogP contribution in [0, 0.1) is 0 Å². The lowest BCUT2D eigenvalue weighted by Gasteiger charge is -2.36. The van der Waals surface area contributed by atoms with Gasteiger partial charge in [0.1, 0.15) is 5.69 Å². The van der Waals surface area contributed by atoms with Gasteiger partial charge >= 0.3 is 0 Å². The number of aryl methyl sites for hydroxylation is 1. The highest BCUT2D eigenvalue weighted by atomic mass is 16.2. The number of rotatable bonds is 2. The second kappa shape index (κ2) is 5.96. The molecule has 6 nitrogen and oxygen atoms in total. The second-order valence-electron chi connectivity index (χ2n) is 5.97. The molecule has 1 saturated heterocycles. The van der Waals surface area contributed by atoms with Crippen LogP contribution in [0.15, 0.2) is 48.8 Å². The average molecular weight is 321 g/mol. The number of carbonyl (C=O) groups excluding carboxylic acids is 1. The van der Waals surface area contributed by atoms with E-state index in [-0.39, 0.29) is 5.91 Å². The summed E-state index contributed by atoms with van der Waals surface area (Å²) in [7, 11) is 1.80. The first-order valence-electron chi connectivity index (χ1n) is 8.10. The van der Waals surface area contributed by atoms with E-state index in [1.807, 2.05) is 29.3 Å². The first-order valence-corrected chi connectivity index (χ1v) is 8.10. The third-order valence-corrected chi connectivity index (χ3v) is 4.57. The molecule has 0 saturated carbocycles. The van der Waals surface area contributed by atoms with E-state index in [2.05, 4.69) is 27.1 Å². The fourth-order valence-electron chi connectivity index (χ4n) is 3.25. The number of anilines is 1. The number of benzene rings is 1. The van der Waals surface area contributed by atoms with Crippen LogP contribution >= 0.6 is 0 Å². The number of piperazine rings is 1. The van der Waals surface area contributed by atoms with Gasteiger partial charge in [0.15, 0.2) is 0 Å². The molecule has 122 valence electrons. The third-order valence-electron chi connectivity index (χ3n) is 4.57. The van der Waals surface area contributed by atoms with Crippen LogP contribution in [0.4, 0.5) is 5.69 Å². The van der Waals surface area contributed by atoms with Crippen LogP contribution in [-0.4, -0.2) is 51.8 Å². The van der Waals surface area contributed by atoms with Gasteiger partial charge in [-0.15, -0.1) is 0 Å². The molecular formula is C18H19N5O. The molecule has 0 unspecified atom stereocenters. The van der Waals surface area contributed by atoms with Crippen LogP contribution in [0.3, 0.4) is 0 Å². The fourth-order valence-corrected chi connectivity index (χ4v) is 3.25. The Labute approximate surface area is 140 Å². The maximum atomic E-state index is 12.6. The van der Waals surface area contributed by atoms with Crippen molar-refractivity contribution in [2.24, 2.45) is 7.05 Å². The standard InChI is InChI=1S/C18H19N5O/c1-21-17(7-9-20-21)18(24)23-12-10-22(11-13-23)16-6-8-19-15-5-3-2-4-14(15)16/h2-9H,10-13H2,1H3. The number of para-hydroxylation sites is 1. The molecule has 0 radical (unpaired) electrons. The number of nitrogens with zero attached hydrogens (tertiary/aromatic N) is 5. The lowest BCUT2D eigenvalue weighted by molar-refractivity contribution is 0.0736. The van der Waals surface area contributed by atoms with Crippen molar-refractivity contribution in [3.63, 3.8) is 0 Å². The van der Waals surface area contributed by atoms with E-state index >= 15 is 0 Å². The summed E-state index contributed by atoms with van der Waals surface area (Å²) in [5, 5.41) is 5.24. The van der Waals surface area contributed by atoms with Gasteiger partial charge in [0.2, 0.25) is 0 Å². The molecule has 1 aliphatic rings. The first-order chi connectivity index (χ1) is 11.7. The quantitative estimate of drug-likeness (QED) is 0.724. The smallest absolute Gasteiger partial charge is 0.272 e. The molecule has 2 aromatic heterocycles. The number of hydrogen-bond donors (Lipinski definition) is 0. The van der Waals surface area contributed by atoms with Crippen LogP contribution in [-0.2, 0) is 7.05 Å². The zero-order valence-corrected chi connectivity index (χ0v) is 13.6. The van der Waals surface area contributed by atoms with Crippen LogP contribution in [0.2, 0.25) is 0 Å². The third kappa shape index (κ3) is 2.50. The summed E-state index contributed by atoms with van der Waals surface area (Å²) in [5.74, 6) is 0.0502. The fraction of sp³-hybridized carbons (Fsp3) is 0.278. The minimum absolute atomic E-state index is 0.0502. The summed E-state index contributed by atoms with van der Waals surface area (Å²) >= 11 is 0. The molecule has 3 heterocycles. The van der Waals surface area contributed by atoms with E-state index in [1.165, 1.54) is 5.69 Å². The highest BCUT2D eigenvalue weighted by Crippen LogP contribution is 2.26. The summed E-state index contributed by atoms with van der Waals surface area (Å²) in [6.07, 6.45) is 3.51. The molecule has 6 heteroatoms. The van der Waals surface area contributed by atoms with Crippen LogP contribution in [0.5, 0.6) is 0 Å². The SMILES string of the molecule is Cn1nccc1C(=O)N1CCN(c2ccnc3ccccc23)CC1. The Hall–Kier alpha value is -2.89. The average Bonchev–Trinajstić information content (AvgIpc) is 3.07. The molecule has 0 bridgehead atoms. The largest absolute Gasteiger partial charge is 0.367 e. The molecule has 4 rings (SSSR count). The summed E-state index contributed by atoms with van der Waals surface area (Å²) in [6, 6.07) is 12.0. The van der Waals surface area contributed by atoms with Gasteiger partial charge < -0.3 is 9.80 Å². The summed E-state index contributed by atoms with van der Waals surface area (Å²) in [6.45, 7) is 3.05. The topological polar surface area (TPSA) is 54.3 Å². The normalized spacial score (nSPS) is 15.0. The van der Waals surface area contributed by atoms with Crippen LogP contribution in [0.25, 0.3) is 10.9 Å². The molecule has 3 aromatic rings. The van der Waals surface area contributed by atoms with E-state index in [4.69, 9.17) is 0 Å². The van der Waals surface area contributed by atoms with Crippen molar-refractivity contribution in [3.05, 3.63) is 54.5 Å². The van der Waals surface area contributed by atoms with Gasteiger partial charge in [-0.1, -0.05) is 18.2 Å². The Kier molecular flexibility index (Phi) is 3.65. The van der Waals surface area contributed by atoms with Gasteiger partial charge in [0.25, 0.3) is 5.91 Å². The van der Waals surface area contributed by atoms with Gasteiger partial charge in [0, 0.05) is 56.7 Å². The molecule has 0 aliphatic carbocycles. The van der Waals surface area contributed by atoms with Gasteiger partial charge in [-0.2, -0.15) is 5.10 Å². The molecule has 1 fully saturated rings. The Balaban J connectivity index is 1.52. The van der Waals surface area contributed by atoms with E-state index in [9.17, 15) is 4.79 Å². The monoisotopic (exact) mass is 321 g/mol. The number of fused-ring (bicyclic) bond motifs is 1. The Morgan fingerprint density at radius 1 is 1.00 bits per heavy atom. The van der Waals surface area contributed by atoms with Gasteiger partial charge in [-0.05, 0) is 18.2 Å². The minimum Gasteiger partial charge on any atom is -0.367 e. The predicted octanol–water partition coefficient (Wildman–Crippen LogP) is 1.93. The van der Waals surface area contributed by atoms with Crippen molar-refractivity contribution >= 4 is 22.5 Å². The minimum atomic E-state index is 0.0502. The van der Waals surface area contributed by atoms with E-state index < -0.39 is 0 Å². The van der Waals surface area contributed by atoms with Crippen LogP contribution in [0.1, 0.15) is 10.5 Å². The Morgan fingerprint density at radius 2 is 1.79 bits per heavy atom. The lowest BCUT2D eigenvalue weighted by atomic mass is 10.1. The predicted molar refractivity (Wildman–Crippen MR) is 93.1 cm³/mol. The van der Waals surface area contributed by atoms with Crippen molar-refractivity contribution in [2.75, 3.05) is 31.1 Å². The molecule has 24 heavy (non-hydrogen) atoms. The van der Waals surface area contributed by atoms with Crippen molar-refractivity contribution in [1.82, 2.24) is 19.7 Å².